The molecule has 1 aromatic heterocycles. The summed E-state index contributed by atoms with van der Waals surface area (Å²) in [6, 6.07) is 18.9. The first-order valence-electron chi connectivity index (χ1n) is 8.52. The Hall–Kier alpha value is -3.89. The molecule has 0 aliphatic carbocycles. The van der Waals surface area contributed by atoms with Crippen LogP contribution in [-0.2, 0) is 11.2 Å². The quantitative estimate of drug-likeness (QED) is 0.579. The van der Waals surface area contributed by atoms with Crippen molar-refractivity contribution in [3.8, 4) is 17.6 Å². The Balaban J connectivity index is 1.63. The minimum atomic E-state index is -1.03. The summed E-state index contributed by atoms with van der Waals surface area (Å²) in [5, 5.41) is 21.1. The Morgan fingerprint density at radius 3 is 2.39 bits per heavy atom. The lowest BCUT2D eigenvalue weighted by molar-refractivity contribution is -0.138. The fourth-order valence-electron chi connectivity index (χ4n) is 2.51. The number of nitrogens with one attached hydrogen (secondary N) is 1. The summed E-state index contributed by atoms with van der Waals surface area (Å²) in [5.74, 6) is 0.738. The number of rotatable bonds is 7. The zero-order valence-corrected chi connectivity index (χ0v) is 14.9. The Labute approximate surface area is 162 Å². The number of anilines is 2. The lowest BCUT2D eigenvalue weighted by atomic mass is 10.1. The van der Waals surface area contributed by atoms with Crippen LogP contribution in [0.25, 0.3) is 0 Å². The number of carboxylic acid groups (broad SMARTS) is 1. The van der Waals surface area contributed by atoms with Gasteiger partial charge in [-0.25, -0.2) is 4.98 Å². The summed E-state index contributed by atoms with van der Waals surface area (Å²) in [5.41, 5.74) is 7.60. The Morgan fingerprint density at radius 1 is 1.14 bits per heavy atom. The van der Waals surface area contributed by atoms with Crippen LogP contribution in [0, 0.1) is 11.3 Å². The van der Waals surface area contributed by atoms with Crippen LogP contribution >= 0.6 is 0 Å². The van der Waals surface area contributed by atoms with Gasteiger partial charge in [0, 0.05) is 11.9 Å². The van der Waals surface area contributed by atoms with Crippen LogP contribution in [0.4, 0.5) is 11.5 Å². The molecule has 7 heteroatoms. The van der Waals surface area contributed by atoms with Gasteiger partial charge < -0.3 is 20.9 Å². The Morgan fingerprint density at radius 2 is 1.79 bits per heavy atom. The largest absolute Gasteiger partial charge is 0.480 e. The van der Waals surface area contributed by atoms with E-state index in [1.54, 1.807) is 54.7 Å². The first kappa shape index (κ1) is 18.9. The average molecular weight is 374 g/mol. The first-order chi connectivity index (χ1) is 13.5. The second kappa shape index (κ2) is 8.66. The number of aliphatic carboxylic acids is 1. The maximum Gasteiger partial charge on any atom is 0.320 e. The van der Waals surface area contributed by atoms with E-state index < -0.39 is 12.0 Å². The van der Waals surface area contributed by atoms with Crippen molar-refractivity contribution in [1.29, 1.82) is 5.26 Å². The molecule has 2 aromatic carbocycles. The standard InChI is InChI=1S/C21H18N4O3/c22-13-15-2-1-11-24-20(15)25-16-5-9-18(10-6-16)28-17-7-3-14(4-8-17)12-19(23)21(26)27/h1-11,19H,12,23H2,(H,24,25)(H,26,27)/t19-/m0/s1. The van der Waals surface area contributed by atoms with Crippen LogP contribution in [0.3, 0.4) is 0 Å². The molecule has 0 spiro atoms. The highest BCUT2D eigenvalue weighted by atomic mass is 16.5. The van der Waals surface area contributed by atoms with Gasteiger partial charge in [-0.1, -0.05) is 12.1 Å². The normalized spacial score (nSPS) is 11.3. The van der Waals surface area contributed by atoms with Crippen molar-refractivity contribution in [2.45, 2.75) is 12.5 Å². The monoisotopic (exact) mass is 374 g/mol. The summed E-state index contributed by atoms with van der Waals surface area (Å²) < 4.78 is 5.79. The van der Waals surface area contributed by atoms with Crippen molar-refractivity contribution in [1.82, 2.24) is 4.98 Å². The van der Waals surface area contributed by atoms with E-state index in [1.807, 2.05) is 12.1 Å². The summed E-state index contributed by atoms with van der Waals surface area (Å²) in [6.07, 6.45) is 1.88. The van der Waals surface area contributed by atoms with E-state index >= 15 is 0 Å². The number of hydrogen-bond donors (Lipinski definition) is 3. The smallest absolute Gasteiger partial charge is 0.320 e. The minimum Gasteiger partial charge on any atom is -0.480 e. The van der Waals surface area contributed by atoms with E-state index in [9.17, 15) is 4.79 Å². The highest BCUT2D eigenvalue weighted by Crippen LogP contribution is 2.25. The first-order valence-corrected chi connectivity index (χ1v) is 8.52. The molecule has 3 aromatic rings. The van der Waals surface area contributed by atoms with Crippen LogP contribution in [0.1, 0.15) is 11.1 Å². The van der Waals surface area contributed by atoms with Crippen LogP contribution in [0.15, 0.2) is 66.9 Å². The molecule has 140 valence electrons. The maximum absolute atomic E-state index is 10.8. The van der Waals surface area contributed by atoms with Crippen molar-refractivity contribution in [3.05, 3.63) is 78.0 Å². The molecule has 4 N–H and O–H groups in total. The topological polar surface area (TPSA) is 121 Å². The van der Waals surface area contributed by atoms with Gasteiger partial charge in [-0.05, 0) is 60.5 Å². The highest BCUT2D eigenvalue weighted by Gasteiger charge is 2.12. The third-order valence-corrected chi connectivity index (χ3v) is 3.98. The van der Waals surface area contributed by atoms with Gasteiger partial charge in [-0.15, -0.1) is 0 Å². The van der Waals surface area contributed by atoms with Crippen LogP contribution in [-0.4, -0.2) is 22.1 Å². The van der Waals surface area contributed by atoms with Gasteiger partial charge in [0.25, 0.3) is 0 Å². The van der Waals surface area contributed by atoms with Crippen molar-refractivity contribution in [3.63, 3.8) is 0 Å². The van der Waals surface area contributed by atoms with Crippen molar-refractivity contribution in [2.75, 3.05) is 5.32 Å². The van der Waals surface area contributed by atoms with E-state index in [-0.39, 0.29) is 6.42 Å². The minimum absolute atomic E-state index is 0.258. The van der Waals surface area contributed by atoms with E-state index in [2.05, 4.69) is 16.4 Å². The Bertz CT molecular complexity index is 995. The number of nitrogens with two attached hydrogens (primary N) is 1. The summed E-state index contributed by atoms with van der Waals surface area (Å²) >= 11 is 0. The molecule has 1 atom stereocenters. The number of benzene rings is 2. The fourth-order valence-corrected chi connectivity index (χ4v) is 2.51. The van der Waals surface area contributed by atoms with Gasteiger partial charge in [0.15, 0.2) is 0 Å². The molecule has 0 unspecified atom stereocenters. The van der Waals surface area contributed by atoms with Gasteiger partial charge in [-0.3, -0.25) is 4.79 Å². The molecule has 1 heterocycles. The summed E-state index contributed by atoms with van der Waals surface area (Å²) in [6.45, 7) is 0. The second-order valence-corrected chi connectivity index (χ2v) is 6.06. The Kier molecular flexibility index (Phi) is 5.84. The van der Waals surface area contributed by atoms with Crippen LogP contribution in [0.2, 0.25) is 0 Å². The van der Waals surface area contributed by atoms with Crippen molar-refractivity contribution >= 4 is 17.5 Å². The van der Waals surface area contributed by atoms with E-state index in [4.69, 9.17) is 20.8 Å². The predicted molar refractivity (Wildman–Crippen MR) is 105 cm³/mol. The number of nitrogens with zero attached hydrogens (tertiary/aromatic N) is 2. The number of nitriles is 1. The van der Waals surface area contributed by atoms with Gasteiger partial charge in [-0.2, -0.15) is 5.26 Å². The lowest BCUT2D eigenvalue weighted by Crippen LogP contribution is -2.32. The SMILES string of the molecule is N#Cc1cccnc1Nc1ccc(Oc2ccc(C[C@H](N)C(=O)O)cc2)cc1. The van der Waals surface area contributed by atoms with E-state index in [0.29, 0.717) is 22.9 Å². The number of carboxylic acids is 1. The van der Waals surface area contributed by atoms with Crippen LogP contribution in [0.5, 0.6) is 11.5 Å². The fraction of sp³-hybridized carbons (Fsp3) is 0.0952. The molecule has 7 nitrogen and oxygen atoms in total. The van der Waals surface area contributed by atoms with E-state index in [1.165, 1.54) is 0 Å². The molecule has 0 aliphatic rings. The second-order valence-electron chi connectivity index (χ2n) is 6.06. The molecule has 0 radical (unpaired) electrons. The third-order valence-electron chi connectivity index (χ3n) is 3.98. The zero-order valence-electron chi connectivity index (χ0n) is 14.9. The molecule has 0 saturated heterocycles. The number of carbonyl (C=O) groups is 1. The molecule has 0 amide bonds. The third kappa shape index (κ3) is 4.84. The summed E-state index contributed by atoms with van der Waals surface area (Å²) in [7, 11) is 0. The maximum atomic E-state index is 10.8. The van der Waals surface area contributed by atoms with Crippen molar-refractivity contribution in [2.24, 2.45) is 5.73 Å². The molecule has 0 fully saturated rings. The highest BCUT2D eigenvalue weighted by molar-refractivity contribution is 5.73. The molecular formula is C21H18N4O3. The number of aromatic nitrogens is 1. The molecule has 3 rings (SSSR count). The molecule has 28 heavy (non-hydrogen) atoms. The number of hydrogen-bond acceptors (Lipinski definition) is 6. The summed E-state index contributed by atoms with van der Waals surface area (Å²) in [4.78, 5) is 15.0. The molecule has 0 saturated carbocycles. The van der Waals surface area contributed by atoms with Crippen molar-refractivity contribution < 1.29 is 14.6 Å². The lowest BCUT2D eigenvalue weighted by Gasteiger charge is -2.10. The zero-order chi connectivity index (χ0) is 19.9. The molecule has 0 bridgehead atoms. The van der Waals surface area contributed by atoms with Crippen LogP contribution < -0.4 is 15.8 Å². The van der Waals surface area contributed by atoms with Gasteiger partial charge in [0.05, 0.1) is 5.56 Å². The predicted octanol–water partition coefficient (Wildman–Crippen LogP) is 3.44. The number of pyridine rings is 1. The van der Waals surface area contributed by atoms with Gasteiger partial charge in [0.1, 0.15) is 29.4 Å². The van der Waals surface area contributed by atoms with E-state index in [0.717, 1.165) is 11.3 Å². The van der Waals surface area contributed by atoms with Gasteiger partial charge >= 0.3 is 5.97 Å². The average Bonchev–Trinajstić information content (AvgIpc) is 2.71. The number of ether oxygens (including phenoxy) is 1. The van der Waals surface area contributed by atoms with Gasteiger partial charge in [0.2, 0.25) is 0 Å². The molecule has 0 aliphatic heterocycles. The molecular weight excluding hydrogens is 356 g/mol.